The Bertz CT molecular complexity index is 1030. The lowest BCUT2D eigenvalue weighted by atomic mass is 10.0. The summed E-state index contributed by atoms with van der Waals surface area (Å²) < 4.78 is 7.09. The van der Waals surface area contributed by atoms with E-state index < -0.39 is 0 Å². The predicted molar refractivity (Wildman–Crippen MR) is 89.7 cm³/mol. The summed E-state index contributed by atoms with van der Waals surface area (Å²) in [4.78, 5) is 0. The second kappa shape index (κ2) is 3.99. The Morgan fingerprint density at radius 1 is 0.905 bits per heavy atom. The van der Waals surface area contributed by atoms with Crippen LogP contribution in [0.4, 0.5) is 0 Å². The van der Waals surface area contributed by atoms with Crippen LogP contribution in [0.2, 0.25) is 0 Å². The summed E-state index contributed by atoms with van der Waals surface area (Å²) in [6.45, 7) is 0. The maximum absolute atomic E-state index is 6.06. The molecule has 0 bridgehead atoms. The van der Waals surface area contributed by atoms with Crippen molar-refractivity contribution in [1.82, 2.24) is 0 Å². The van der Waals surface area contributed by atoms with Crippen molar-refractivity contribution in [3.63, 3.8) is 0 Å². The van der Waals surface area contributed by atoms with E-state index in [0.29, 0.717) is 0 Å². The molecule has 0 saturated carbocycles. The number of halogens is 1. The van der Waals surface area contributed by atoms with E-state index >= 15 is 0 Å². The normalized spacial score (nSPS) is 12.8. The Morgan fingerprint density at radius 2 is 1.71 bits per heavy atom. The van der Waals surface area contributed by atoms with E-state index in [0.717, 1.165) is 22.1 Å². The fourth-order valence-electron chi connectivity index (χ4n) is 3.48. The summed E-state index contributed by atoms with van der Waals surface area (Å²) >= 11 is 3.69. The first-order valence-corrected chi connectivity index (χ1v) is 7.83. The van der Waals surface area contributed by atoms with Gasteiger partial charge in [-0.3, -0.25) is 0 Å². The Morgan fingerprint density at radius 3 is 2.67 bits per heavy atom. The van der Waals surface area contributed by atoms with E-state index in [-0.39, 0.29) is 0 Å². The van der Waals surface area contributed by atoms with Crippen molar-refractivity contribution in [2.75, 3.05) is 0 Å². The zero-order valence-corrected chi connectivity index (χ0v) is 12.8. The van der Waals surface area contributed by atoms with Crippen molar-refractivity contribution >= 4 is 37.9 Å². The van der Waals surface area contributed by atoms with Crippen LogP contribution in [0.1, 0.15) is 11.1 Å². The van der Waals surface area contributed by atoms with Gasteiger partial charge in [0, 0.05) is 10.8 Å². The molecule has 1 aliphatic carbocycles. The van der Waals surface area contributed by atoms with Gasteiger partial charge in [0.15, 0.2) is 0 Å². The molecular formula is C19H11BrO. The third-order valence-corrected chi connectivity index (χ3v) is 4.97. The molecule has 0 unspecified atom stereocenters. The smallest absolute Gasteiger partial charge is 0.149 e. The minimum Gasteiger partial charge on any atom is -0.455 e. The molecule has 0 radical (unpaired) electrons. The molecule has 0 aliphatic heterocycles. The zero-order valence-electron chi connectivity index (χ0n) is 11.2. The molecule has 0 N–H and O–H groups in total. The molecule has 100 valence electrons. The van der Waals surface area contributed by atoms with Gasteiger partial charge in [-0.05, 0) is 56.7 Å². The number of hydrogen-bond acceptors (Lipinski definition) is 1. The molecule has 4 aromatic rings. The van der Waals surface area contributed by atoms with Gasteiger partial charge in [-0.1, -0.05) is 42.5 Å². The lowest BCUT2D eigenvalue weighted by Crippen LogP contribution is -1.83. The molecule has 1 heterocycles. The molecule has 0 amide bonds. The van der Waals surface area contributed by atoms with Gasteiger partial charge in [0.05, 0.1) is 4.47 Å². The van der Waals surface area contributed by atoms with Crippen LogP contribution < -0.4 is 0 Å². The molecule has 21 heavy (non-hydrogen) atoms. The third kappa shape index (κ3) is 1.46. The van der Waals surface area contributed by atoms with Crippen molar-refractivity contribution in [2.45, 2.75) is 6.42 Å². The molecule has 0 saturated heterocycles. The van der Waals surface area contributed by atoms with Crippen LogP contribution in [0.5, 0.6) is 0 Å². The first kappa shape index (κ1) is 11.6. The monoisotopic (exact) mass is 334 g/mol. The van der Waals surface area contributed by atoms with Crippen LogP contribution in [0.15, 0.2) is 63.5 Å². The maximum Gasteiger partial charge on any atom is 0.149 e. The Hall–Kier alpha value is -2.06. The average molecular weight is 335 g/mol. The predicted octanol–water partition coefficient (Wildman–Crippen LogP) is 5.92. The van der Waals surface area contributed by atoms with E-state index in [1.54, 1.807) is 0 Å². The second-order valence-electron chi connectivity index (χ2n) is 5.52. The highest BCUT2D eigenvalue weighted by molar-refractivity contribution is 9.10. The fourth-order valence-corrected chi connectivity index (χ4v) is 3.99. The van der Waals surface area contributed by atoms with Crippen molar-refractivity contribution in [3.05, 3.63) is 70.2 Å². The molecule has 1 nitrogen and oxygen atoms in total. The van der Waals surface area contributed by atoms with Gasteiger partial charge in [-0.2, -0.15) is 0 Å². The van der Waals surface area contributed by atoms with E-state index in [1.165, 1.54) is 33.0 Å². The van der Waals surface area contributed by atoms with E-state index in [9.17, 15) is 0 Å². The molecule has 1 aliphatic rings. The summed E-state index contributed by atoms with van der Waals surface area (Å²) in [5.41, 5.74) is 7.38. The van der Waals surface area contributed by atoms with Gasteiger partial charge in [-0.15, -0.1) is 0 Å². The molecule has 0 fully saturated rings. The highest BCUT2D eigenvalue weighted by Crippen LogP contribution is 2.46. The average Bonchev–Trinajstić information content (AvgIpc) is 3.06. The number of benzene rings is 3. The minimum atomic E-state index is 0.956. The van der Waals surface area contributed by atoms with Crippen molar-refractivity contribution in [2.24, 2.45) is 0 Å². The second-order valence-corrected chi connectivity index (χ2v) is 6.38. The van der Waals surface area contributed by atoms with Crippen LogP contribution >= 0.6 is 15.9 Å². The van der Waals surface area contributed by atoms with E-state index in [2.05, 4.69) is 58.4 Å². The van der Waals surface area contributed by atoms with Gasteiger partial charge in [0.1, 0.15) is 11.2 Å². The quantitative estimate of drug-likeness (QED) is 0.342. The fraction of sp³-hybridized carbons (Fsp3) is 0.0526. The number of rotatable bonds is 0. The van der Waals surface area contributed by atoms with Crippen molar-refractivity contribution in [1.29, 1.82) is 0 Å². The van der Waals surface area contributed by atoms with Crippen molar-refractivity contribution < 1.29 is 4.42 Å². The molecule has 0 atom stereocenters. The lowest BCUT2D eigenvalue weighted by molar-refractivity contribution is 0.666. The van der Waals surface area contributed by atoms with Crippen LogP contribution in [0.3, 0.4) is 0 Å². The molecule has 5 rings (SSSR count). The van der Waals surface area contributed by atoms with E-state index in [4.69, 9.17) is 4.42 Å². The Kier molecular flexibility index (Phi) is 2.20. The zero-order chi connectivity index (χ0) is 14.0. The van der Waals surface area contributed by atoms with Gasteiger partial charge < -0.3 is 4.42 Å². The molecule has 0 spiro atoms. The van der Waals surface area contributed by atoms with Crippen LogP contribution in [0, 0.1) is 0 Å². The summed E-state index contributed by atoms with van der Waals surface area (Å²) in [6, 6.07) is 19.1. The van der Waals surface area contributed by atoms with Gasteiger partial charge in [0.25, 0.3) is 0 Å². The highest BCUT2D eigenvalue weighted by Gasteiger charge is 2.24. The van der Waals surface area contributed by atoms with E-state index in [1.807, 2.05) is 12.1 Å². The summed E-state index contributed by atoms with van der Waals surface area (Å²) in [6.07, 6.45) is 0.985. The van der Waals surface area contributed by atoms with Crippen LogP contribution in [-0.4, -0.2) is 0 Å². The largest absolute Gasteiger partial charge is 0.455 e. The number of hydrogen-bond donors (Lipinski definition) is 0. The van der Waals surface area contributed by atoms with Gasteiger partial charge in [-0.25, -0.2) is 0 Å². The van der Waals surface area contributed by atoms with Crippen LogP contribution in [-0.2, 0) is 6.42 Å². The van der Waals surface area contributed by atoms with Gasteiger partial charge >= 0.3 is 0 Å². The first-order chi connectivity index (χ1) is 10.3. The highest BCUT2D eigenvalue weighted by atomic mass is 79.9. The first-order valence-electron chi connectivity index (χ1n) is 7.04. The summed E-state index contributed by atoms with van der Waals surface area (Å²) in [5, 5.41) is 2.46. The summed E-state index contributed by atoms with van der Waals surface area (Å²) in [5.74, 6) is 0. The molecular weight excluding hydrogens is 324 g/mol. The Balaban J connectivity index is 2.00. The SMILES string of the molecule is Brc1cc2c(c3c1oc1ccccc13)Cc1ccccc1-2. The Labute approximate surface area is 130 Å². The topological polar surface area (TPSA) is 13.1 Å². The lowest BCUT2D eigenvalue weighted by Gasteiger charge is -2.04. The summed E-state index contributed by atoms with van der Waals surface area (Å²) in [7, 11) is 0. The number of para-hydroxylation sites is 1. The number of fused-ring (bicyclic) bond motifs is 7. The van der Waals surface area contributed by atoms with Crippen molar-refractivity contribution in [3.8, 4) is 11.1 Å². The molecule has 2 heteroatoms. The molecule has 3 aromatic carbocycles. The van der Waals surface area contributed by atoms with Crippen LogP contribution in [0.25, 0.3) is 33.1 Å². The third-order valence-electron chi connectivity index (χ3n) is 4.39. The maximum atomic E-state index is 6.06. The molecule has 1 aromatic heterocycles. The standard InChI is InChI=1S/C19H11BrO/c20-16-10-14-12-6-2-1-5-11(12)9-15(14)18-13-7-3-4-8-17(13)21-19(16)18/h1-8,10H,9H2. The van der Waals surface area contributed by atoms with Gasteiger partial charge in [0.2, 0.25) is 0 Å². The minimum absolute atomic E-state index is 0.956. The number of furan rings is 1.